The number of rotatable bonds is 5. The maximum Gasteiger partial charge on any atom is 0.255 e. The van der Waals surface area contributed by atoms with Gasteiger partial charge in [-0.1, -0.05) is 34.1 Å². The fraction of sp³-hybridized carbons (Fsp3) is 0.900. The molecule has 2 N–H and O–H groups in total. The lowest BCUT2D eigenvalue weighted by Gasteiger charge is -2.28. The summed E-state index contributed by atoms with van der Waals surface area (Å²) in [4.78, 5) is 11.0. The highest BCUT2D eigenvalue weighted by Crippen LogP contribution is 2.30. The maximum atomic E-state index is 14.0. The van der Waals surface area contributed by atoms with Crippen molar-refractivity contribution in [3.05, 3.63) is 0 Å². The number of amides is 1. The van der Waals surface area contributed by atoms with Crippen LogP contribution in [0.1, 0.15) is 40.5 Å². The van der Waals surface area contributed by atoms with Crippen molar-refractivity contribution in [2.24, 2.45) is 17.6 Å². The first-order valence-electron chi connectivity index (χ1n) is 4.83. The monoisotopic (exact) mass is 189 g/mol. The minimum absolute atomic E-state index is 0.194. The summed E-state index contributed by atoms with van der Waals surface area (Å²) in [5.41, 5.74) is 3.22. The molecule has 0 rings (SSSR count). The van der Waals surface area contributed by atoms with Gasteiger partial charge in [0.15, 0.2) is 5.67 Å². The number of carbonyl (C=O) groups excluding carboxylic acids is 1. The smallest absolute Gasteiger partial charge is 0.255 e. The zero-order valence-electron chi connectivity index (χ0n) is 8.93. The van der Waals surface area contributed by atoms with E-state index in [1.807, 2.05) is 13.8 Å². The van der Waals surface area contributed by atoms with Crippen LogP contribution in [0.4, 0.5) is 4.39 Å². The van der Waals surface area contributed by atoms with E-state index in [-0.39, 0.29) is 18.3 Å². The molecule has 2 unspecified atom stereocenters. The van der Waals surface area contributed by atoms with Gasteiger partial charge in [0.2, 0.25) is 0 Å². The molecular formula is C10H20FNO. The van der Waals surface area contributed by atoms with Crippen molar-refractivity contribution in [3.8, 4) is 0 Å². The molecule has 0 aliphatic carbocycles. The number of alkyl halides is 1. The molecule has 2 nitrogen and oxygen atoms in total. The molecule has 0 heterocycles. The summed E-state index contributed by atoms with van der Waals surface area (Å²) in [5, 5.41) is 0. The molecule has 0 saturated heterocycles. The Morgan fingerprint density at radius 1 is 1.46 bits per heavy atom. The third-order valence-corrected chi connectivity index (χ3v) is 2.67. The highest BCUT2D eigenvalue weighted by atomic mass is 19.1. The molecule has 1 amide bonds. The van der Waals surface area contributed by atoms with E-state index in [1.54, 1.807) is 13.8 Å². The van der Waals surface area contributed by atoms with Crippen molar-refractivity contribution in [1.29, 1.82) is 0 Å². The van der Waals surface area contributed by atoms with Crippen LogP contribution >= 0.6 is 0 Å². The molecule has 0 aliphatic rings. The Kier molecular flexibility index (Phi) is 4.37. The fourth-order valence-corrected chi connectivity index (χ4v) is 1.27. The topological polar surface area (TPSA) is 43.1 Å². The number of primary amides is 1. The van der Waals surface area contributed by atoms with E-state index in [4.69, 9.17) is 5.73 Å². The van der Waals surface area contributed by atoms with Crippen LogP contribution in [0.15, 0.2) is 0 Å². The van der Waals surface area contributed by atoms with Gasteiger partial charge in [0.1, 0.15) is 0 Å². The Morgan fingerprint density at radius 2 is 1.92 bits per heavy atom. The SMILES string of the molecule is CCC(C)CC(F)(C(N)=O)C(C)C. The van der Waals surface area contributed by atoms with Crippen LogP contribution in [0.3, 0.4) is 0 Å². The molecule has 0 aromatic rings. The Balaban J connectivity index is 4.51. The van der Waals surface area contributed by atoms with Crippen molar-refractivity contribution < 1.29 is 9.18 Å². The zero-order chi connectivity index (χ0) is 10.6. The predicted octanol–water partition coefficient (Wildman–Crippen LogP) is 2.27. The number of hydrogen-bond donors (Lipinski definition) is 1. The van der Waals surface area contributed by atoms with Crippen LogP contribution < -0.4 is 5.73 Å². The van der Waals surface area contributed by atoms with E-state index in [0.29, 0.717) is 0 Å². The normalized spacial score (nSPS) is 18.3. The van der Waals surface area contributed by atoms with Crippen molar-refractivity contribution in [1.82, 2.24) is 0 Å². The van der Waals surface area contributed by atoms with Crippen LogP contribution in [0.2, 0.25) is 0 Å². The standard InChI is InChI=1S/C10H20FNO/c1-5-8(4)6-10(11,7(2)3)9(12)13/h7-8H,5-6H2,1-4H3,(H2,12,13). The third kappa shape index (κ3) is 2.98. The van der Waals surface area contributed by atoms with Gasteiger partial charge in [0, 0.05) is 0 Å². The van der Waals surface area contributed by atoms with Crippen LogP contribution in [0.5, 0.6) is 0 Å². The molecular weight excluding hydrogens is 169 g/mol. The molecule has 0 saturated carbocycles. The number of hydrogen-bond acceptors (Lipinski definition) is 1. The lowest BCUT2D eigenvalue weighted by molar-refractivity contribution is -0.133. The van der Waals surface area contributed by atoms with Gasteiger partial charge in [-0.05, 0) is 18.3 Å². The Hall–Kier alpha value is -0.600. The Morgan fingerprint density at radius 3 is 2.15 bits per heavy atom. The van der Waals surface area contributed by atoms with Gasteiger partial charge >= 0.3 is 0 Å². The minimum atomic E-state index is -1.84. The largest absolute Gasteiger partial charge is 0.367 e. The molecule has 2 atom stereocenters. The summed E-state index contributed by atoms with van der Waals surface area (Å²) in [6.07, 6.45) is 1.10. The van der Waals surface area contributed by atoms with E-state index in [0.717, 1.165) is 6.42 Å². The third-order valence-electron chi connectivity index (χ3n) is 2.67. The van der Waals surface area contributed by atoms with Gasteiger partial charge in [0.25, 0.3) is 5.91 Å². The van der Waals surface area contributed by atoms with E-state index in [9.17, 15) is 9.18 Å². The molecule has 0 bridgehead atoms. The molecule has 0 fully saturated rings. The van der Waals surface area contributed by atoms with E-state index >= 15 is 0 Å². The highest BCUT2D eigenvalue weighted by Gasteiger charge is 2.40. The van der Waals surface area contributed by atoms with Crippen molar-refractivity contribution in [3.63, 3.8) is 0 Å². The Bertz CT molecular complexity index is 182. The predicted molar refractivity (Wildman–Crippen MR) is 51.9 cm³/mol. The highest BCUT2D eigenvalue weighted by molar-refractivity contribution is 5.83. The molecule has 3 heteroatoms. The summed E-state index contributed by atoms with van der Waals surface area (Å²) in [5.74, 6) is -0.985. The quantitative estimate of drug-likeness (QED) is 0.708. The molecule has 0 aromatic carbocycles. The first kappa shape index (κ1) is 12.4. The molecule has 0 radical (unpaired) electrons. The van der Waals surface area contributed by atoms with Crippen LogP contribution in [0, 0.1) is 11.8 Å². The second-order valence-electron chi connectivity index (χ2n) is 4.10. The number of halogens is 1. The summed E-state index contributed by atoms with van der Waals surface area (Å²) >= 11 is 0. The average Bonchev–Trinajstić information content (AvgIpc) is 2.03. The first-order chi connectivity index (χ1) is 5.84. The van der Waals surface area contributed by atoms with Gasteiger partial charge < -0.3 is 5.73 Å². The average molecular weight is 189 g/mol. The summed E-state index contributed by atoms with van der Waals surface area (Å²) < 4.78 is 14.0. The van der Waals surface area contributed by atoms with Gasteiger partial charge in [0.05, 0.1) is 0 Å². The lowest BCUT2D eigenvalue weighted by atomic mass is 9.82. The maximum absolute atomic E-state index is 14.0. The van der Waals surface area contributed by atoms with Crippen LogP contribution in [-0.4, -0.2) is 11.6 Å². The molecule has 0 aliphatic heterocycles. The van der Waals surface area contributed by atoms with E-state index < -0.39 is 11.6 Å². The van der Waals surface area contributed by atoms with E-state index in [2.05, 4.69) is 0 Å². The van der Waals surface area contributed by atoms with Crippen molar-refractivity contribution in [2.45, 2.75) is 46.2 Å². The Labute approximate surface area is 79.7 Å². The molecule has 0 spiro atoms. The number of nitrogens with two attached hydrogens (primary N) is 1. The summed E-state index contributed by atoms with van der Waals surface area (Å²) in [6.45, 7) is 7.28. The van der Waals surface area contributed by atoms with Crippen LogP contribution in [0.25, 0.3) is 0 Å². The zero-order valence-corrected chi connectivity index (χ0v) is 8.93. The van der Waals surface area contributed by atoms with Gasteiger partial charge in [-0.15, -0.1) is 0 Å². The summed E-state index contributed by atoms with van der Waals surface area (Å²) in [7, 11) is 0. The van der Waals surface area contributed by atoms with Gasteiger partial charge in [-0.2, -0.15) is 0 Å². The second-order valence-corrected chi connectivity index (χ2v) is 4.10. The van der Waals surface area contributed by atoms with Gasteiger partial charge in [-0.3, -0.25) is 4.79 Å². The number of carbonyl (C=O) groups is 1. The van der Waals surface area contributed by atoms with Gasteiger partial charge in [-0.25, -0.2) is 4.39 Å². The first-order valence-corrected chi connectivity index (χ1v) is 4.83. The van der Waals surface area contributed by atoms with Crippen molar-refractivity contribution >= 4 is 5.91 Å². The lowest BCUT2D eigenvalue weighted by Crippen LogP contribution is -2.45. The van der Waals surface area contributed by atoms with Crippen molar-refractivity contribution in [2.75, 3.05) is 0 Å². The molecule has 0 aromatic heterocycles. The fourth-order valence-electron chi connectivity index (χ4n) is 1.27. The molecule has 78 valence electrons. The van der Waals surface area contributed by atoms with Crippen LogP contribution in [-0.2, 0) is 4.79 Å². The minimum Gasteiger partial charge on any atom is -0.367 e. The summed E-state index contributed by atoms with van der Waals surface area (Å²) in [6, 6.07) is 0. The molecule has 13 heavy (non-hydrogen) atoms. The van der Waals surface area contributed by atoms with E-state index in [1.165, 1.54) is 0 Å². The second kappa shape index (κ2) is 4.58.